The van der Waals surface area contributed by atoms with Gasteiger partial charge in [-0.05, 0) is 48.9 Å². The normalized spacial score (nSPS) is 21.3. The molecule has 0 unspecified atom stereocenters. The topological polar surface area (TPSA) is 89.2 Å². The Labute approximate surface area is 173 Å². The van der Waals surface area contributed by atoms with E-state index in [0.717, 1.165) is 24.8 Å². The smallest absolute Gasteiger partial charge is 0.244 e. The predicted molar refractivity (Wildman–Crippen MR) is 107 cm³/mol. The Kier molecular flexibility index (Phi) is 4.45. The predicted octanol–water partition coefficient (Wildman–Crippen LogP) is 3.74. The van der Waals surface area contributed by atoms with Crippen LogP contribution >= 0.6 is 11.6 Å². The van der Waals surface area contributed by atoms with Crippen LogP contribution in [0.1, 0.15) is 31.1 Å². The molecule has 1 aliphatic heterocycles. The molecule has 1 aliphatic carbocycles. The molecule has 7 nitrogen and oxygen atoms in total. The third-order valence-corrected chi connectivity index (χ3v) is 8.12. The van der Waals surface area contributed by atoms with Gasteiger partial charge in [-0.1, -0.05) is 28.9 Å². The van der Waals surface area contributed by atoms with Crippen LogP contribution in [0.4, 0.5) is 0 Å². The monoisotopic (exact) mass is 430 g/mol. The van der Waals surface area contributed by atoms with Gasteiger partial charge in [-0.25, -0.2) is 8.42 Å². The number of halogens is 1. The van der Waals surface area contributed by atoms with E-state index in [0.29, 0.717) is 29.8 Å². The highest BCUT2D eigenvalue weighted by Crippen LogP contribution is 2.64. The average Bonchev–Trinajstić information content (AvgIpc) is 3.20. The molecule has 0 bridgehead atoms. The molecule has 5 rings (SSSR count). The number of benzene rings is 1. The fourth-order valence-corrected chi connectivity index (χ4v) is 5.79. The molecule has 0 radical (unpaired) electrons. The lowest BCUT2D eigenvalue weighted by molar-refractivity contribution is 0.242. The van der Waals surface area contributed by atoms with Crippen molar-refractivity contribution >= 4 is 21.6 Å². The van der Waals surface area contributed by atoms with Crippen LogP contribution in [-0.4, -0.2) is 40.9 Å². The van der Waals surface area contributed by atoms with E-state index in [-0.39, 0.29) is 16.2 Å². The highest BCUT2D eigenvalue weighted by molar-refractivity contribution is 7.89. The minimum Gasteiger partial charge on any atom is -0.339 e. The summed E-state index contributed by atoms with van der Waals surface area (Å²) in [5, 5.41) is 4.73. The molecule has 150 valence electrons. The Morgan fingerprint density at radius 2 is 2.00 bits per heavy atom. The third kappa shape index (κ3) is 3.35. The molecule has 0 amide bonds. The lowest BCUT2D eigenvalue weighted by Gasteiger charge is -2.31. The second kappa shape index (κ2) is 6.90. The molecular weight excluding hydrogens is 412 g/mol. The van der Waals surface area contributed by atoms with Crippen LogP contribution in [0.5, 0.6) is 0 Å². The van der Waals surface area contributed by atoms with Gasteiger partial charge in [0.1, 0.15) is 4.90 Å². The Hall–Kier alpha value is -2.29. The molecule has 3 heterocycles. The molecule has 1 atom stereocenters. The highest BCUT2D eigenvalue weighted by atomic mass is 35.5. The van der Waals surface area contributed by atoms with Gasteiger partial charge in [-0.15, -0.1) is 0 Å². The molecule has 1 spiro atoms. The number of nitrogens with zero attached hydrogens (tertiary/aromatic N) is 4. The number of rotatable bonds is 4. The molecule has 9 heteroatoms. The summed E-state index contributed by atoms with van der Waals surface area (Å²) in [6.07, 6.45) is 5.49. The van der Waals surface area contributed by atoms with Crippen molar-refractivity contribution in [1.29, 1.82) is 0 Å². The number of sulfonamides is 1. The Morgan fingerprint density at radius 3 is 2.72 bits per heavy atom. The summed E-state index contributed by atoms with van der Waals surface area (Å²) in [7, 11) is -3.50. The zero-order chi connectivity index (χ0) is 20.1. The summed E-state index contributed by atoms with van der Waals surface area (Å²) < 4.78 is 32.7. The van der Waals surface area contributed by atoms with Gasteiger partial charge in [-0.3, -0.25) is 4.98 Å². The zero-order valence-electron chi connectivity index (χ0n) is 15.5. The lowest BCUT2D eigenvalue weighted by Crippen LogP contribution is -2.39. The van der Waals surface area contributed by atoms with Gasteiger partial charge in [-0.2, -0.15) is 9.29 Å². The highest BCUT2D eigenvalue weighted by Gasteiger charge is 2.59. The van der Waals surface area contributed by atoms with Crippen molar-refractivity contribution in [2.45, 2.75) is 30.1 Å². The third-order valence-electron chi connectivity index (χ3n) is 6.00. The molecule has 0 N–H and O–H groups in total. The second-order valence-electron chi connectivity index (χ2n) is 7.68. The molecule has 2 aliphatic rings. The first kappa shape index (κ1) is 18.7. The van der Waals surface area contributed by atoms with Crippen molar-refractivity contribution in [2.75, 3.05) is 13.1 Å². The van der Waals surface area contributed by atoms with E-state index in [1.165, 1.54) is 6.20 Å². The van der Waals surface area contributed by atoms with E-state index in [1.54, 1.807) is 34.8 Å². The van der Waals surface area contributed by atoms with Crippen molar-refractivity contribution in [3.63, 3.8) is 0 Å². The minimum absolute atomic E-state index is 0.0547. The van der Waals surface area contributed by atoms with Crippen LogP contribution in [0, 0.1) is 5.41 Å². The summed E-state index contributed by atoms with van der Waals surface area (Å²) in [5.41, 5.74) is 0.874. The van der Waals surface area contributed by atoms with Crippen LogP contribution in [0.3, 0.4) is 0 Å². The molecule has 1 saturated carbocycles. The summed E-state index contributed by atoms with van der Waals surface area (Å²) in [4.78, 5) is 8.74. The van der Waals surface area contributed by atoms with Crippen LogP contribution in [0.15, 0.2) is 58.2 Å². The van der Waals surface area contributed by atoms with E-state index in [1.807, 2.05) is 12.1 Å². The van der Waals surface area contributed by atoms with Gasteiger partial charge >= 0.3 is 0 Å². The number of aromatic nitrogens is 3. The van der Waals surface area contributed by atoms with Crippen LogP contribution in [0.2, 0.25) is 5.02 Å². The summed E-state index contributed by atoms with van der Waals surface area (Å²) >= 11 is 6.04. The molecule has 1 saturated heterocycles. The first-order chi connectivity index (χ1) is 14.0. The number of pyridine rings is 1. The molecule has 2 aromatic heterocycles. The lowest BCUT2D eigenvalue weighted by atomic mass is 9.92. The molecule has 3 aromatic rings. The Morgan fingerprint density at radius 1 is 1.17 bits per heavy atom. The fraction of sp³-hybridized carbons (Fsp3) is 0.350. The summed E-state index contributed by atoms with van der Waals surface area (Å²) in [6, 6.07) is 10.6. The molecule has 2 fully saturated rings. The minimum atomic E-state index is -3.50. The van der Waals surface area contributed by atoms with Gasteiger partial charge in [0.25, 0.3) is 0 Å². The van der Waals surface area contributed by atoms with Crippen molar-refractivity contribution in [2.24, 2.45) is 5.41 Å². The molecule has 1 aromatic carbocycles. The van der Waals surface area contributed by atoms with Crippen LogP contribution in [-0.2, 0) is 10.0 Å². The van der Waals surface area contributed by atoms with Gasteiger partial charge in [0.05, 0.1) is 0 Å². The molecular formula is C20H19ClN4O3S. The quantitative estimate of drug-likeness (QED) is 0.626. The van der Waals surface area contributed by atoms with Gasteiger partial charge < -0.3 is 4.52 Å². The van der Waals surface area contributed by atoms with Crippen LogP contribution in [0.25, 0.3) is 11.4 Å². The molecule has 29 heavy (non-hydrogen) atoms. The van der Waals surface area contributed by atoms with Gasteiger partial charge in [0, 0.05) is 42.0 Å². The largest absolute Gasteiger partial charge is 0.339 e. The number of hydrogen-bond donors (Lipinski definition) is 0. The standard InChI is InChI=1S/C20H19ClN4O3S/c21-15-4-1-3-14(11-15)18-23-19(28-24-18)17-12-20(17)6-9-25(10-7-20)29(26,27)16-5-2-8-22-13-16/h1-5,8,11,13,17H,6-7,9-10,12H2/t17-/m0/s1. The maximum absolute atomic E-state index is 12.8. The van der Waals surface area contributed by atoms with E-state index in [4.69, 9.17) is 16.1 Å². The van der Waals surface area contributed by atoms with E-state index >= 15 is 0 Å². The van der Waals surface area contributed by atoms with Crippen molar-refractivity contribution in [3.8, 4) is 11.4 Å². The second-order valence-corrected chi connectivity index (χ2v) is 10.1. The van der Waals surface area contributed by atoms with E-state index < -0.39 is 10.0 Å². The van der Waals surface area contributed by atoms with E-state index in [9.17, 15) is 8.42 Å². The van der Waals surface area contributed by atoms with Gasteiger partial charge in [0.15, 0.2) is 0 Å². The maximum atomic E-state index is 12.8. The Bertz CT molecular complexity index is 1140. The SMILES string of the molecule is O=S(=O)(c1cccnc1)N1CCC2(CC1)C[C@H]2c1nc(-c2cccc(Cl)c2)no1. The number of hydrogen-bond acceptors (Lipinski definition) is 6. The van der Waals surface area contributed by atoms with Crippen molar-refractivity contribution < 1.29 is 12.9 Å². The first-order valence-electron chi connectivity index (χ1n) is 9.48. The Balaban J connectivity index is 1.28. The van der Waals surface area contributed by atoms with E-state index in [2.05, 4.69) is 15.1 Å². The average molecular weight is 431 g/mol. The zero-order valence-corrected chi connectivity index (χ0v) is 17.1. The first-order valence-corrected chi connectivity index (χ1v) is 11.3. The van der Waals surface area contributed by atoms with Crippen molar-refractivity contribution in [3.05, 3.63) is 59.7 Å². The summed E-state index contributed by atoms with van der Waals surface area (Å²) in [5.74, 6) is 1.34. The maximum Gasteiger partial charge on any atom is 0.244 e. The summed E-state index contributed by atoms with van der Waals surface area (Å²) in [6.45, 7) is 0.978. The fourth-order valence-electron chi connectivity index (χ4n) is 4.19. The van der Waals surface area contributed by atoms with Crippen molar-refractivity contribution in [1.82, 2.24) is 19.4 Å². The number of piperidine rings is 1. The van der Waals surface area contributed by atoms with Gasteiger partial charge in [0.2, 0.25) is 21.7 Å². The van der Waals surface area contributed by atoms with Crippen LogP contribution < -0.4 is 0 Å².